The van der Waals surface area contributed by atoms with E-state index in [-0.39, 0.29) is 11.3 Å². The Morgan fingerprint density at radius 1 is 0.974 bits per heavy atom. The lowest BCUT2D eigenvalue weighted by atomic mass is 9.95. The molecule has 1 N–H and O–H groups in total. The number of hydrogen-bond acceptors (Lipinski definition) is 7. The third kappa shape index (κ3) is 7.12. The molecule has 8 heteroatoms. The van der Waals surface area contributed by atoms with Crippen molar-refractivity contribution in [3.63, 3.8) is 0 Å². The molecule has 1 atom stereocenters. The van der Waals surface area contributed by atoms with E-state index in [0.717, 1.165) is 32.5 Å². The molecule has 0 aromatic heterocycles. The van der Waals surface area contributed by atoms with E-state index >= 15 is 0 Å². The van der Waals surface area contributed by atoms with Crippen molar-refractivity contribution >= 4 is 17.4 Å². The molecular weight excluding hydrogens is 496 g/mol. The number of rotatable bonds is 15. The summed E-state index contributed by atoms with van der Waals surface area (Å²) < 4.78 is 17.1. The summed E-state index contributed by atoms with van der Waals surface area (Å²) in [7, 11) is 1.56. The summed E-state index contributed by atoms with van der Waals surface area (Å²) in [5.41, 5.74) is 1.14. The Balaban J connectivity index is 2.07. The number of ketones is 1. The predicted molar refractivity (Wildman–Crippen MR) is 152 cm³/mol. The number of carbonyl (C=O) groups excluding carboxylic acids is 2. The summed E-state index contributed by atoms with van der Waals surface area (Å²) >= 11 is 0. The molecule has 2 aromatic rings. The third-order valence-electron chi connectivity index (χ3n) is 6.99. The normalized spacial score (nSPS) is 16.7. The van der Waals surface area contributed by atoms with Crippen molar-refractivity contribution < 1.29 is 28.9 Å². The third-order valence-corrected chi connectivity index (χ3v) is 6.99. The van der Waals surface area contributed by atoms with Gasteiger partial charge < -0.3 is 29.1 Å². The van der Waals surface area contributed by atoms with Crippen molar-refractivity contribution in [2.75, 3.05) is 46.5 Å². The van der Waals surface area contributed by atoms with Gasteiger partial charge in [-0.15, -0.1) is 0 Å². The molecule has 3 rings (SSSR count). The van der Waals surface area contributed by atoms with E-state index < -0.39 is 17.7 Å². The average Bonchev–Trinajstić information content (AvgIpc) is 3.20. The Bertz CT molecular complexity index is 1160. The summed E-state index contributed by atoms with van der Waals surface area (Å²) in [4.78, 5) is 30.6. The number of hydrogen-bond donors (Lipinski definition) is 1. The van der Waals surface area contributed by atoms with Gasteiger partial charge in [-0.05, 0) is 69.2 Å². The van der Waals surface area contributed by atoms with Gasteiger partial charge in [0.15, 0.2) is 11.5 Å². The largest absolute Gasteiger partial charge is 0.507 e. The molecule has 0 bridgehead atoms. The van der Waals surface area contributed by atoms with Crippen LogP contribution in [0.4, 0.5) is 0 Å². The quantitative estimate of drug-likeness (QED) is 0.140. The number of aliphatic hydroxyl groups excluding tert-OH is 1. The van der Waals surface area contributed by atoms with Crippen LogP contribution in [0.3, 0.4) is 0 Å². The number of Topliss-reactive ketones (excluding diaryl/α,β-unsaturated/α-hetero) is 1. The molecule has 39 heavy (non-hydrogen) atoms. The van der Waals surface area contributed by atoms with E-state index in [1.165, 1.54) is 0 Å². The van der Waals surface area contributed by atoms with E-state index in [1.807, 2.05) is 13.0 Å². The second kappa shape index (κ2) is 14.6. The van der Waals surface area contributed by atoms with Crippen molar-refractivity contribution in [3.05, 3.63) is 59.2 Å². The molecule has 1 aliphatic heterocycles. The molecule has 212 valence electrons. The summed E-state index contributed by atoms with van der Waals surface area (Å²) in [6.45, 7) is 12.2. The maximum Gasteiger partial charge on any atom is 0.295 e. The minimum absolute atomic E-state index is 0.0539. The molecule has 0 saturated carbocycles. The van der Waals surface area contributed by atoms with Crippen molar-refractivity contribution in [1.29, 1.82) is 0 Å². The fourth-order valence-electron chi connectivity index (χ4n) is 4.82. The van der Waals surface area contributed by atoms with Crippen molar-refractivity contribution in [2.24, 2.45) is 0 Å². The van der Waals surface area contributed by atoms with Crippen molar-refractivity contribution in [2.45, 2.75) is 53.0 Å². The zero-order valence-electron chi connectivity index (χ0n) is 23.9. The number of likely N-dealkylation sites (tertiary alicyclic amines) is 1. The first-order valence-corrected chi connectivity index (χ1v) is 13.9. The van der Waals surface area contributed by atoms with Crippen LogP contribution in [0.1, 0.15) is 64.1 Å². The van der Waals surface area contributed by atoms with Gasteiger partial charge in [-0.1, -0.05) is 45.4 Å². The van der Waals surface area contributed by atoms with Gasteiger partial charge in [0, 0.05) is 12.1 Å². The Morgan fingerprint density at radius 3 is 2.41 bits per heavy atom. The number of nitrogens with zero attached hydrogens (tertiary/aromatic N) is 2. The molecule has 2 aromatic carbocycles. The number of aliphatic hydroxyl groups is 1. The molecule has 1 amide bonds. The van der Waals surface area contributed by atoms with Crippen LogP contribution in [0, 0.1) is 0 Å². The van der Waals surface area contributed by atoms with E-state index in [1.54, 1.807) is 48.4 Å². The summed E-state index contributed by atoms with van der Waals surface area (Å²) in [6.07, 6.45) is 2.62. The Kier molecular flexibility index (Phi) is 11.2. The van der Waals surface area contributed by atoms with E-state index in [0.29, 0.717) is 54.6 Å². The van der Waals surface area contributed by atoms with Crippen molar-refractivity contribution in [3.8, 4) is 17.2 Å². The first-order chi connectivity index (χ1) is 18.9. The summed E-state index contributed by atoms with van der Waals surface area (Å²) in [6, 6.07) is 11.6. The van der Waals surface area contributed by atoms with Crippen LogP contribution in [0.15, 0.2) is 48.0 Å². The highest BCUT2D eigenvalue weighted by Gasteiger charge is 2.46. The van der Waals surface area contributed by atoms with Gasteiger partial charge in [-0.3, -0.25) is 9.59 Å². The highest BCUT2D eigenvalue weighted by molar-refractivity contribution is 6.46. The lowest BCUT2D eigenvalue weighted by Crippen LogP contribution is -2.33. The first-order valence-electron chi connectivity index (χ1n) is 13.9. The van der Waals surface area contributed by atoms with Gasteiger partial charge in [-0.2, -0.15) is 0 Å². The second-order valence-electron chi connectivity index (χ2n) is 9.45. The maximum atomic E-state index is 13.4. The Labute approximate surface area is 232 Å². The minimum atomic E-state index is -0.768. The summed E-state index contributed by atoms with van der Waals surface area (Å²) in [5.74, 6) is 0.122. The van der Waals surface area contributed by atoms with Crippen LogP contribution >= 0.6 is 0 Å². The van der Waals surface area contributed by atoms with Crippen LogP contribution in [0.2, 0.25) is 0 Å². The molecule has 8 nitrogen and oxygen atoms in total. The summed E-state index contributed by atoms with van der Waals surface area (Å²) in [5, 5.41) is 11.4. The molecule has 1 aliphatic rings. The fraction of sp³-hybridized carbons (Fsp3) is 0.484. The average molecular weight is 539 g/mol. The second-order valence-corrected chi connectivity index (χ2v) is 9.45. The monoisotopic (exact) mass is 538 g/mol. The number of methoxy groups -OCH3 is 1. The number of ether oxygens (including phenoxy) is 3. The highest BCUT2D eigenvalue weighted by atomic mass is 16.5. The van der Waals surface area contributed by atoms with Gasteiger partial charge >= 0.3 is 0 Å². The van der Waals surface area contributed by atoms with E-state index in [9.17, 15) is 14.7 Å². The van der Waals surface area contributed by atoms with Crippen LogP contribution in [-0.2, 0) is 9.59 Å². The van der Waals surface area contributed by atoms with Gasteiger partial charge in [0.25, 0.3) is 11.7 Å². The van der Waals surface area contributed by atoms with E-state index in [2.05, 4.69) is 25.7 Å². The Morgan fingerprint density at radius 2 is 1.74 bits per heavy atom. The smallest absolute Gasteiger partial charge is 0.295 e. The highest BCUT2D eigenvalue weighted by Crippen LogP contribution is 2.42. The Hall–Kier alpha value is -3.52. The molecule has 0 spiro atoms. The topological polar surface area (TPSA) is 88.5 Å². The molecule has 1 unspecified atom stereocenters. The van der Waals surface area contributed by atoms with Crippen LogP contribution in [0.5, 0.6) is 17.2 Å². The lowest BCUT2D eigenvalue weighted by molar-refractivity contribution is -0.140. The number of carbonyl (C=O) groups is 2. The van der Waals surface area contributed by atoms with Gasteiger partial charge in [0.1, 0.15) is 11.5 Å². The van der Waals surface area contributed by atoms with Crippen LogP contribution < -0.4 is 14.2 Å². The molecule has 1 heterocycles. The van der Waals surface area contributed by atoms with Crippen molar-refractivity contribution in [1.82, 2.24) is 9.80 Å². The lowest BCUT2D eigenvalue weighted by Gasteiger charge is -2.27. The first kappa shape index (κ1) is 30.0. The number of benzene rings is 2. The SMILES string of the molecule is CCCCOc1ccc(C2/C(=C(\O)c3cccc(OCC)c3)C(=O)C(=O)N2CCCN(CC)CC)cc1OC. The molecule has 1 saturated heterocycles. The zero-order chi connectivity index (χ0) is 28.4. The fourth-order valence-corrected chi connectivity index (χ4v) is 4.82. The van der Waals surface area contributed by atoms with Crippen LogP contribution in [-0.4, -0.2) is 73.1 Å². The number of amides is 1. The van der Waals surface area contributed by atoms with Gasteiger partial charge in [0.05, 0.1) is 31.9 Å². The molecule has 0 radical (unpaired) electrons. The van der Waals surface area contributed by atoms with E-state index in [4.69, 9.17) is 14.2 Å². The number of unbranched alkanes of at least 4 members (excludes halogenated alkanes) is 1. The zero-order valence-corrected chi connectivity index (χ0v) is 23.9. The van der Waals surface area contributed by atoms with Crippen LogP contribution in [0.25, 0.3) is 5.76 Å². The molecule has 0 aliphatic carbocycles. The molecular formula is C31H42N2O6. The van der Waals surface area contributed by atoms with Gasteiger partial charge in [0.2, 0.25) is 0 Å². The molecule has 1 fully saturated rings. The standard InChI is InChI=1S/C31H42N2O6/c1-6-10-19-39-25-16-15-22(21-26(25)37-5)28-27(29(34)23-13-11-14-24(20-23)38-9-4)30(35)31(36)33(28)18-12-17-32(7-2)8-3/h11,13-16,20-21,28,34H,6-10,12,17-19H2,1-5H3/b29-27+. The van der Waals surface area contributed by atoms with Gasteiger partial charge in [-0.25, -0.2) is 0 Å². The predicted octanol–water partition coefficient (Wildman–Crippen LogP) is 5.43. The maximum absolute atomic E-state index is 13.4. The minimum Gasteiger partial charge on any atom is -0.507 e.